The van der Waals surface area contributed by atoms with Crippen molar-refractivity contribution in [3.05, 3.63) is 77.5 Å². The second kappa shape index (κ2) is 14.2. The second-order valence-electron chi connectivity index (χ2n) is 13.1. The molecule has 0 unspecified atom stereocenters. The molecular formula is C35H43N5O6. The lowest BCUT2D eigenvalue weighted by Crippen LogP contribution is -2.57. The van der Waals surface area contributed by atoms with Gasteiger partial charge < -0.3 is 15.4 Å². The third kappa shape index (κ3) is 8.14. The van der Waals surface area contributed by atoms with E-state index >= 15 is 0 Å². The Balaban J connectivity index is 1.57. The van der Waals surface area contributed by atoms with Crippen molar-refractivity contribution in [2.24, 2.45) is 11.7 Å². The molecule has 11 nitrogen and oxygen atoms in total. The van der Waals surface area contributed by atoms with Gasteiger partial charge in [-0.2, -0.15) is 0 Å². The van der Waals surface area contributed by atoms with Crippen molar-refractivity contribution in [1.82, 2.24) is 20.1 Å². The zero-order valence-electron chi connectivity index (χ0n) is 27.3. The average Bonchev–Trinajstić information content (AvgIpc) is 3.22. The molecule has 0 saturated carbocycles. The van der Waals surface area contributed by atoms with Gasteiger partial charge in [-0.3, -0.25) is 34.2 Å². The molecule has 11 heteroatoms. The third-order valence-electron chi connectivity index (χ3n) is 7.80. The standard InChI is InChI=1S/C35H43N5O6/c1-21(2)18-27(32(43)39(6)28(30(36)41)19-22-12-8-7-9-13-22)37-26(34(45)46-35(3,4)5)16-17-40-31(42)24-20-23-14-10-11-15-25(23)38-29(24)33(40)44/h7-15,20-21,26-28,37H,16-19H2,1-6H3,(H2,36,41)/t26-,27+,28+/m1/s1. The number of carbonyl (C=O) groups is 5. The molecule has 2 heterocycles. The number of hydrogen-bond donors (Lipinski definition) is 2. The molecule has 4 amide bonds. The molecule has 3 N–H and O–H groups in total. The Morgan fingerprint density at radius 2 is 1.63 bits per heavy atom. The van der Waals surface area contributed by atoms with Crippen molar-refractivity contribution in [3.63, 3.8) is 0 Å². The summed E-state index contributed by atoms with van der Waals surface area (Å²) in [6, 6.07) is 15.2. The molecule has 0 radical (unpaired) electrons. The van der Waals surface area contributed by atoms with Crippen molar-refractivity contribution in [2.45, 2.75) is 77.6 Å². The van der Waals surface area contributed by atoms with Gasteiger partial charge in [0, 0.05) is 25.4 Å². The summed E-state index contributed by atoms with van der Waals surface area (Å²) >= 11 is 0. The van der Waals surface area contributed by atoms with E-state index in [-0.39, 0.29) is 36.6 Å². The first-order valence-corrected chi connectivity index (χ1v) is 15.5. The van der Waals surface area contributed by atoms with Gasteiger partial charge in [-0.05, 0) is 57.2 Å². The summed E-state index contributed by atoms with van der Waals surface area (Å²) in [5, 5.41) is 3.90. The SMILES string of the molecule is CC(C)C[C@H](N[C@H](CCN1C(=O)c2cc3ccccc3nc2C1=O)C(=O)OC(C)(C)C)C(=O)N(C)[C@@H](Cc1ccccc1)C(N)=O. The Labute approximate surface area is 269 Å². The minimum absolute atomic E-state index is 0.0191. The predicted octanol–water partition coefficient (Wildman–Crippen LogP) is 3.49. The minimum atomic E-state index is -1.06. The second-order valence-corrected chi connectivity index (χ2v) is 13.1. The maximum absolute atomic E-state index is 14.0. The number of carbonyl (C=O) groups excluding carboxylic acids is 5. The highest BCUT2D eigenvalue weighted by atomic mass is 16.6. The van der Waals surface area contributed by atoms with Crippen molar-refractivity contribution < 1.29 is 28.7 Å². The molecule has 1 aliphatic heterocycles. The number of amides is 4. The van der Waals surface area contributed by atoms with Crippen LogP contribution >= 0.6 is 0 Å². The van der Waals surface area contributed by atoms with Gasteiger partial charge in [-0.25, -0.2) is 4.98 Å². The maximum atomic E-state index is 14.0. The lowest BCUT2D eigenvalue weighted by Gasteiger charge is -2.33. The fourth-order valence-corrected chi connectivity index (χ4v) is 5.53. The van der Waals surface area contributed by atoms with E-state index in [9.17, 15) is 24.0 Å². The van der Waals surface area contributed by atoms with Crippen molar-refractivity contribution in [1.29, 1.82) is 0 Å². The fourth-order valence-electron chi connectivity index (χ4n) is 5.53. The van der Waals surface area contributed by atoms with Crippen LogP contribution in [0.3, 0.4) is 0 Å². The molecule has 3 atom stereocenters. The number of benzene rings is 2. The van der Waals surface area contributed by atoms with Crippen LogP contribution in [-0.2, 0) is 25.5 Å². The number of nitrogens with two attached hydrogens (primary N) is 1. The van der Waals surface area contributed by atoms with E-state index in [0.717, 1.165) is 15.8 Å². The van der Waals surface area contributed by atoms with Crippen LogP contribution in [0.15, 0.2) is 60.7 Å². The van der Waals surface area contributed by atoms with E-state index in [4.69, 9.17) is 10.5 Å². The Morgan fingerprint density at radius 3 is 2.26 bits per heavy atom. The third-order valence-corrected chi connectivity index (χ3v) is 7.80. The number of nitrogens with one attached hydrogen (secondary N) is 1. The van der Waals surface area contributed by atoms with Gasteiger partial charge in [-0.15, -0.1) is 0 Å². The first kappa shape index (κ1) is 34.2. The number of likely N-dealkylation sites (N-methyl/N-ethyl adjacent to an activating group) is 1. The van der Waals surface area contributed by atoms with E-state index < -0.39 is 53.3 Å². The molecule has 0 aliphatic carbocycles. The lowest BCUT2D eigenvalue weighted by atomic mass is 9.98. The number of primary amides is 1. The molecule has 3 aromatic rings. The number of imide groups is 1. The average molecular weight is 630 g/mol. The zero-order chi connectivity index (χ0) is 33.8. The summed E-state index contributed by atoms with van der Waals surface area (Å²) in [6.45, 7) is 8.96. The lowest BCUT2D eigenvalue weighted by molar-refractivity contribution is -0.158. The Kier molecular flexibility index (Phi) is 10.6. The summed E-state index contributed by atoms with van der Waals surface area (Å²) in [4.78, 5) is 73.5. The smallest absolute Gasteiger partial charge is 0.323 e. The Hall–Kier alpha value is -4.64. The number of hydrogen-bond acceptors (Lipinski definition) is 8. The number of ether oxygens (including phenoxy) is 1. The van der Waals surface area contributed by atoms with Gasteiger partial charge in [0.1, 0.15) is 23.4 Å². The molecule has 1 aromatic heterocycles. The quantitative estimate of drug-likeness (QED) is 0.215. The van der Waals surface area contributed by atoms with Gasteiger partial charge in [-0.1, -0.05) is 62.4 Å². The van der Waals surface area contributed by atoms with E-state index in [1.54, 1.807) is 39.0 Å². The first-order chi connectivity index (χ1) is 21.7. The van der Waals surface area contributed by atoms with Crippen LogP contribution in [0.1, 0.15) is 73.9 Å². The van der Waals surface area contributed by atoms with Gasteiger partial charge in [0.2, 0.25) is 11.8 Å². The van der Waals surface area contributed by atoms with Crippen LogP contribution in [-0.4, -0.2) is 81.7 Å². The molecule has 2 aromatic carbocycles. The number of para-hydroxylation sites is 1. The van der Waals surface area contributed by atoms with Crippen LogP contribution in [0, 0.1) is 5.92 Å². The molecule has 0 bridgehead atoms. The summed E-state index contributed by atoms with van der Waals surface area (Å²) in [6.07, 6.45) is 0.544. The molecule has 0 spiro atoms. The van der Waals surface area contributed by atoms with Crippen LogP contribution in [0.4, 0.5) is 0 Å². The monoisotopic (exact) mass is 629 g/mol. The number of pyridine rings is 1. The highest BCUT2D eigenvalue weighted by Gasteiger charge is 2.39. The molecule has 244 valence electrons. The van der Waals surface area contributed by atoms with E-state index in [1.807, 2.05) is 56.3 Å². The van der Waals surface area contributed by atoms with Crippen LogP contribution in [0.25, 0.3) is 10.9 Å². The molecular weight excluding hydrogens is 586 g/mol. The van der Waals surface area contributed by atoms with Gasteiger partial charge >= 0.3 is 5.97 Å². The van der Waals surface area contributed by atoms with Gasteiger partial charge in [0.25, 0.3) is 11.8 Å². The summed E-state index contributed by atoms with van der Waals surface area (Å²) < 4.78 is 5.69. The summed E-state index contributed by atoms with van der Waals surface area (Å²) in [5.41, 5.74) is 6.63. The first-order valence-electron chi connectivity index (χ1n) is 15.5. The highest BCUT2D eigenvalue weighted by Crippen LogP contribution is 2.26. The predicted molar refractivity (Wildman–Crippen MR) is 174 cm³/mol. The number of fused-ring (bicyclic) bond motifs is 2. The van der Waals surface area contributed by atoms with E-state index in [2.05, 4.69) is 10.3 Å². The normalized spacial score (nSPS) is 15.1. The Bertz CT molecular complexity index is 1560. The summed E-state index contributed by atoms with van der Waals surface area (Å²) in [5.74, 6) is -2.72. The number of aromatic nitrogens is 1. The zero-order valence-corrected chi connectivity index (χ0v) is 27.3. The highest BCUT2D eigenvalue weighted by molar-refractivity contribution is 6.21. The topological polar surface area (TPSA) is 152 Å². The number of nitrogens with zero attached hydrogens (tertiary/aromatic N) is 3. The molecule has 46 heavy (non-hydrogen) atoms. The van der Waals surface area contributed by atoms with E-state index in [1.165, 1.54) is 11.9 Å². The molecule has 1 aliphatic rings. The van der Waals surface area contributed by atoms with Crippen molar-refractivity contribution in [3.8, 4) is 0 Å². The molecule has 0 saturated heterocycles. The molecule has 4 rings (SSSR count). The fraction of sp³-hybridized carbons (Fsp3) is 0.429. The Morgan fingerprint density at radius 1 is 0.978 bits per heavy atom. The number of rotatable bonds is 13. The van der Waals surface area contributed by atoms with Gasteiger partial charge in [0.05, 0.1) is 17.1 Å². The largest absolute Gasteiger partial charge is 0.459 e. The van der Waals surface area contributed by atoms with Crippen LogP contribution < -0.4 is 11.1 Å². The van der Waals surface area contributed by atoms with Crippen LogP contribution in [0.5, 0.6) is 0 Å². The van der Waals surface area contributed by atoms with Crippen LogP contribution in [0.2, 0.25) is 0 Å². The summed E-state index contributed by atoms with van der Waals surface area (Å²) in [7, 11) is 1.52. The van der Waals surface area contributed by atoms with E-state index in [0.29, 0.717) is 11.9 Å². The van der Waals surface area contributed by atoms with Gasteiger partial charge in [0.15, 0.2) is 0 Å². The maximum Gasteiger partial charge on any atom is 0.323 e. The minimum Gasteiger partial charge on any atom is -0.459 e. The molecule has 0 fully saturated rings. The van der Waals surface area contributed by atoms with Crippen molar-refractivity contribution in [2.75, 3.05) is 13.6 Å². The van der Waals surface area contributed by atoms with Crippen molar-refractivity contribution >= 4 is 40.5 Å². The number of esters is 1.